The highest BCUT2D eigenvalue weighted by Crippen LogP contribution is 2.20. The average molecular weight is 306 g/mol. The number of carbonyl (C=O) groups excluding carboxylic acids is 1. The zero-order valence-electron chi connectivity index (χ0n) is 12.4. The van der Waals surface area contributed by atoms with Gasteiger partial charge in [0.25, 0.3) is 5.91 Å². The SMILES string of the molecule is O=C(c1ccncc1)N(Cc1ccccc1)c1ccc(F)cc1. The predicted molar refractivity (Wildman–Crippen MR) is 87.6 cm³/mol. The van der Waals surface area contributed by atoms with Crippen molar-refractivity contribution in [1.82, 2.24) is 4.98 Å². The molecule has 2 aromatic carbocycles. The molecule has 0 N–H and O–H groups in total. The Balaban J connectivity index is 1.96. The summed E-state index contributed by atoms with van der Waals surface area (Å²) in [7, 11) is 0. The van der Waals surface area contributed by atoms with Crippen molar-refractivity contribution in [3.05, 3.63) is 96.1 Å². The van der Waals surface area contributed by atoms with Gasteiger partial charge in [-0.2, -0.15) is 0 Å². The molecule has 3 aromatic rings. The number of amides is 1. The molecule has 0 fully saturated rings. The Morgan fingerprint density at radius 1 is 0.913 bits per heavy atom. The summed E-state index contributed by atoms with van der Waals surface area (Å²) in [6.45, 7) is 0.410. The lowest BCUT2D eigenvalue weighted by Crippen LogP contribution is -2.30. The Kier molecular flexibility index (Phi) is 4.43. The molecular weight excluding hydrogens is 291 g/mol. The van der Waals surface area contributed by atoms with E-state index in [0.717, 1.165) is 5.56 Å². The number of benzene rings is 2. The van der Waals surface area contributed by atoms with Crippen molar-refractivity contribution in [3.8, 4) is 0 Å². The van der Waals surface area contributed by atoms with E-state index in [0.29, 0.717) is 17.8 Å². The first-order chi connectivity index (χ1) is 11.2. The lowest BCUT2D eigenvalue weighted by molar-refractivity contribution is 0.0985. The fraction of sp³-hybridized carbons (Fsp3) is 0.0526. The van der Waals surface area contributed by atoms with Crippen LogP contribution < -0.4 is 4.90 Å². The maximum atomic E-state index is 13.2. The summed E-state index contributed by atoms with van der Waals surface area (Å²) in [5, 5.41) is 0. The van der Waals surface area contributed by atoms with E-state index in [1.165, 1.54) is 12.1 Å². The highest BCUT2D eigenvalue weighted by Gasteiger charge is 2.18. The van der Waals surface area contributed by atoms with E-state index in [1.807, 2.05) is 30.3 Å². The van der Waals surface area contributed by atoms with Crippen LogP contribution in [0.5, 0.6) is 0 Å². The van der Waals surface area contributed by atoms with Crippen LogP contribution in [0, 0.1) is 5.82 Å². The molecule has 1 amide bonds. The second-order valence-corrected chi connectivity index (χ2v) is 5.09. The van der Waals surface area contributed by atoms with Crippen molar-refractivity contribution >= 4 is 11.6 Å². The summed E-state index contributed by atoms with van der Waals surface area (Å²) in [4.78, 5) is 18.4. The molecule has 0 saturated heterocycles. The third kappa shape index (κ3) is 3.61. The molecular formula is C19H15FN2O. The van der Waals surface area contributed by atoms with E-state index in [4.69, 9.17) is 0 Å². The van der Waals surface area contributed by atoms with Crippen molar-refractivity contribution in [2.24, 2.45) is 0 Å². The number of carbonyl (C=O) groups is 1. The monoisotopic (exact) mass is 306 g/mol. The van der Waals surface area contributed by atoms with Crippen molar-refractivity contribution in [1.29, 1.82) is 0 Å². The maximum Gasteiger partial charge on any atom is 0.258 e. The minimum Gasteiger partial charge on any atom is -0.304 e. The molecule has 0 aliphatic heterocycles. The van der Waals surface area contributed by atoms with Gasteiger partial charge in [0.2, 0.25) is 0 Å². The quantitative estimate of drug-likeness (QED) is 0.728. The highest BCUT2D eigenvalue weighted by atomic mass is 19.1. The molecule has 3 nitrogen and oxygen atoms in total. The van der Waals surface area contributed by atoms with Gasteiger partial charge in [0.05, 0.1) is 6.54 Å². The number of aromatic nitrogens is 1. The molecule has 0 unspecified atom stereocenters. The summed E-state index contributed by atoms with van der Waals surface area (Å²) in [6, 6.07) is 19.0. The molecule has 0 aliphatic carbocycles. The zero-order chi connectivity index (χ0) is 16.1. The van der Waals surface area contributed by atoms with Gasteiger partial charge >= 0.3 is 0 Å². The van der Waals surface area contributed by atoms with Crippen LogP contribution >= 0.6 is 0 Å². The van der Waals surface area contributed by atoms with Gasteiger partial charge in [0.1, 0.15) is 5.82 Å². The Morgan fingerprint density at radius 3 is 2.22 bits per heavy atom. The molecule has 1 heterocycles. The number of pyridine rings is 1. The van der Waals surface area contributed by atoms with Gasteiger partial charge in [-0.3, -0.25) is 9.78 Å². The zero-order valence-corrected chi connectivity index (χ0v) is 12.4. The number of nitrogens with zero attached hydrogens (tertiary/aromatic N) is 2. The molecule has 0 radical (unpaired) electrons. The van der Waals surface area contributed by atoms with Gasteiger partial charge in [-0.15, -0.1) is 0 Å². The topological polar surface area (TPSA) is 33.2 Å². The number of hydrogen-bond acceptors (Lipinski definition) is 2. The summed E-state index contributed by atoms with van der Waals surface area (Å²) < 4.78 is 13.2. The largest absolute Gasteiger partial charge is 0.304 e. The number of anilines is 1. The molecule has 0 saturated carbocycles. The lowest BCUT2D eigenvalue weighted by Gasteiger charge is -2.23. The van der Waals surface area contributed by atoms with E-state index in [1.54, 1.807) is 41.6 Å². The molecule has 0 atom stereocenters. The number of hydrogen-bond donors (Lipinski definition) is 0. The molecule has 0 spiro atoms. The molecule has 3 rings (SSSR count). The molecule has 0 bridgehead atoms. The van der Waals surface area contributed by atoms with Crippen molar-refractivity contribution in [2.75, 3.05) is 4.90 Å². The standard InChI is InChI=1S/C19H15FN2O/c20-17-6-8-18(9-7-17)22(14-15-4-2-1-3-5-15)19(23)16-10-12-21-13-11-16/h1-13H,14H2. The van der Waals surface area contributed by atoms with E-state index >= 15 is 0 Å². The second kappa shape index (κ2) is 6.83. The van der Waals surface area contributed by atoms with Crippen LogP contribution in [0.3, 0.4) is 0 Å². The normalized spacial score (nSPS) is 10.3. The molecule has 1 aromatic heterocycles. The third-order valence-electron chi connectivity index (χ3n) is 3.49. The first kappa shape index (κ1) is 14.9. The summed E-state index contributed by atoms with van der Waals surface area (Å²) in [6.07, 6.45) is 3.16. The van der Waals surface area contributed by atoms with Crippen LogP contribution in [0.1, 0.15) is 15.9 Å². The molecule has 23 heavy (non-hydrogen) atoms. The van der Waals surface area contributed by atoms with Crippen molar-refractivity contribution in [3.63, 3.8) is 0 Å². The summed E-state index contributed by atoms with van der Waals surface area (Å²) >= 11 is 0. The first-order valence-corrected chi connectivity index (χ1v) is 7.25. The lowest BCUT2D eigenvalue weighted by atomic mass is 10.1. The summed E-state index contributed by atoms with van der Waals surface area (Å²) in [5.41, 5.74) is 2.19. The fourth-order valence-electron chi connectivity index (χ4n) is 2.32. The van der Waals surface area contributed by atoms with Crippen LogP contribution in [0.25, 0.3) is 0 Å². The fourth-order valence-corrected chi connectivity index (χ4v) is 2.32. The highest BCUT2D eigenvalue weighted by molar-refractivity contribution is 6.05. The minimum absolute atomic E-state index is 0.150. The molecule has 114 valence electrons. The van der Waals surface area contributed by atoms with Crippen LogP contribution in [-0.2, 0) is 6.54 Å². The first-order valence-electron chi connectivity index (χ1n) is 7.25. The van der Waals surface area contributed by atoms with Crippen LogP contribution in [0.4, 0.5) is 10.1 Å². The Morgan fingerprint density at radius 2 is 1.57 bits per heavy atom. The summed E-state index contributed by atoms with van der Waals surface area (Å²) in [5.74, 6) is -0.479. The van der Waals surface area contributed by atoms with E-state index in [9.17, 15) is 9.18 Å². The van der Waals surface area contributed by atoms with E-state index in [2.05, 4.69) is 4.98 Å². The van der Waals surface area contributed by atoms with Gasteiger partial charge in [0, 0.05) is 23.6 Å². The van der Waals surface area contributed by atoms with Gasteiger partial charge < -0.3 is 4.90 Å². The molecule has 4 heteroatoms. The smallest absolute Gasteiger partial charge is 0.258 e. The second-order valence-electron chi connectivity index (χ2n) is 5.09. The number of halogens is 1. The minimum atomic E-state index is -0.329. The number of rotatable bonds is 4. The van der Waals surface area contributed by atoms with Crippen LogP contribution in [0.15, 0.2) is 79.1 Å². The van der Waals surface area contributed by atoms with Crippen molar-refractivity contribution < 1.29 is 9.18 Å². The van der Waals surface area contributed by atoms with Gasteiger partial charge in [0.15, 0.2) is 0 Å². The van der Waals surface area contributed by atoms with Crippen LogP contribution in [0.2, 0.25) is 0 Å². The van der Waals surface area contributed by atoms with Crippen molar-refractivity contribution in [2.45, 2.75) is 6.54 Å². The van der Waals surface area contributed by atoms with E-state index < -0.39 is 0 Å². The maximum absolute atomic E-state index is 13.2. The molecule has 0 aliphatic rings. The Labute approximate surface area is 134 Å². The predicted octanol–water partition coefficient (Wildman–Crippen LogP) is 4.07. The van der Waals surface area contributed by atoms with Gasteiger partial charge in [-0.05, 0) is 42.0 Å². The Hall–Kier alpha value is -3.01. The van der Waals surface area contributed by atoms with E-state index in [-0.39, 0.29) is 11.7 Å². The van der Waals surface area contributed by atoms with Gasteiger partial charge in [-0.1, -0.05) is 30.3 Å². The van der Waals surface area contributed by atoms with Gasteiger partial charge in [-0.25, -0.2) is 4.39 Å². The van der Waals surface area contributed by atoms with Crippen LogP contribution in [-0.4, -0.2) is 10.9 Å². The Bertz CT molecular complexity index is 773. The average Bonchev–Trinajstić information content (AvgIpc) is 2.62. The third-order valence-corrected chi connectivity index (χ3v) is 3.49.